The van der Waals surface area contributed by atoms with E-state index in [1.807, 2.05) is 0 Å². The number of hydrogen-bond donors (Lipinski definition) is 3. The first-order valence-corrected chi connectivity index (χ1v) is 13.5. The van der Waals surface area contributed by atoms with Crippen molar-refractivity contribution < 1.29 is 45.0 Å². The van der Waals surface area contributed by atoms with Gasteiger partial charge in [0, 0.05) is 42.2 Å². The maximum atomic E-state index is 13.5. The van der Waals surface area contributed by atoms with Gasteiger partial charge in [-0.05, 0) is 30.2 Å². The van der Waals surface area contributed by atoms with E-state index in [1.165, 1.54) is 16.4 Å². The zero-order chi connectivity index (χ0) is 29.4. The molecule has 0 aliphatic carbocycles. The van der Waals surface area contributed by atoms with Crippen LogP contribution in [0.5, 0.6) is 0 Å². The molecule has 1 aliphatic rings. The van der Waals surface area contributed by atoms with Crippen LogP contribution < -0.4 is 4.90 Å². The van der Waals surface area contributed by atoms with Crippen molar-refractivity contribution in [3.05, 3.63) is 53.6 Å². The van der Waals surface area contributed by atoms with Crippen LogP contribution in [0, 0.1) is 17.8 Å². The minimum Gasteiger partial charge on any atom is -0.380 e. The van der Waals surface area contributed by atoms with Crippen LogP contribution in [0.3, 0.4) is 0 Å². The van der Waals surface area contributed by atoms with Gasteiger partial charge in [-0.25, -0.2) is 8.42 Å². The number of alkyl halides is 6. The van der Waals surface area contributed by atoms with Gasteiger partial charge in [0.05, 0.1) is 10.6 Å². The number of anilines is 1. The molecule has 0 radical (unpaired) electrons. The molecule has 0 saturated carbocycles. The quantitative estimate of drug-likeness (QED) is 0.275. The fraction of sp³-hybridized carbons (Fsp3) is 0.440. The highest BCUT2D eigenvalue weighted by atomic mass is 32.2. The second-order valence-electron chi connectivity index (χ2n) is 9.25. The van der Waals surface area contributed by atoms with Crippen molar-refractivity contribution in [3.8, 4) is 11.8 Å². The Morgan fingerprint density at radius 3 is 2.03 bits per heavy atom. The highest BCUT2D eigenvalue weighted by Crippen LogP contribution is 2.50. The minimum atomic E-state index is -6.09. The topological polar surface area (TPSA) is 81.1 Å². The molecule has 6 nitrogen and oxygen atoms in total. The number of benzene rings is 2. The first-order valence-electron chi connectivity index (χ1n) is 11.6. The van der Waals surface area contributed by atoms with Crippen molar-refractivity contribution in [3.63, 3.8) is 0 Å². The van der Waals surface area contributed by atoms with Crippen LogP contribution in [-0.2, 0) is 15.6 Å². The molecule has 0 amide bonds. The van der Waals surface area contributed by atoms with Crippen LogP contribution in [0.2, 0.25) is 0 Å². The number of nitrogens with zero attached hydrogens (tertiary/aromatic N) is 2. The Bertz CT molecular complexity index is 1350. The van der Waals surface area contributed by atoms with Crippen molar-refractivity contribution in [2.24, 2.45) is 5.92 Å². The van der Waals surface area contributed by atoms with Crippen LogP contribution in [0.25, 0.3) is 0 Å². The molecule has 0 aromatic heterocycles. The molecule has 39 heavy (non-hydrogen) atoms. The molecule has 1 fully saturated rings. The summed E-state index contributed by atoms with van der Waals surface area (Å²) in [5.41, 5.74) is -6.81. The summed E-state index contributed by atoms with van der Waals surface area (Å²) in [6.45, 7) is 3.23. The predicted octanol–water partition coefficient (Wildman–Crippen LogP) is 4.17. The maximum Gasteiger partial charge on any atom is 0.430 e. The molecule has 1 saturated heterocycles. The summed E-state index contributed by atoms with van der Waals surface area (Å²) in [5.74, 6) is 4.49. The third kappa shape index (κ3) is 6.17. The van der Waals surface area contributed by atoms with Gasteiger partial charge < -0.3 is 15.1 Å². The number of thiol groups is 1. The Kier molecular flexibility index (Phi) is 8.94. The molecule has 2 aromatic rings. The zero-order valence-electron chi connectivity index (χ0n) is 20.8. The summed E-state index contributed by atoms with van der Waals surface area (Å²) >= 11 is 4.19. The van der Waals surface area contributed by atoms with E-state index < -0.39 is 39.6 Å². The molecule has 1 aliphatic heterocycles. The summed E-state index contributed by atoms with van der Waals surface area (Å²) in [5, 5.41) is 19.9. The SMILES string of the molecule is CC(C)[C@H](O)C#Cc1cc(C(O)(C(F)(F)F)C(F)(F)F)ccc1N1CCN(S(=O)(=O)c2ccccc2S)CC1. The normalized spacial score (nSPS) is 16.7. The molecular weight excluding hydrogens is 570 g/mol. The smallest absolute Gasteiger partial charge is 0.380 e. The van der Waals surface area contributed by atoms with E-state index in [9.17, 15) is 45.0 Å². The third-order valence-electron chi connectivity index (χ3n) is 6.28. The predicted molar refractivity (Wildman–Crippen MR) is 135 cm³/mol. The zero-order valence-corrected chi connectivity index (χ0v) is 22.5. The lowest BCUT2D eigenvalue weighted by Crippen LogP contribution is -2.54. The lowest BCUT2D eigenvalue weighted by molar-refractivity contribution is -0.376. The molecule has 214 valence electrons. The number of aliphatic hydroxyl groups excluding tert-OH is 1. The summed E-state index contributed by atoms with van der Waals surface area (Å²) in [7, 11) is -3.91. The van der Waals surface area contributed by atoms with Gasteiger partial charge >= 0.3 is 12.4 Å². The summed E-state index contributed by atoms with van der Waals surface area (Å²) in [6, 6.07) is 8.07. The minimum absolute atomic E-state index is 0.000970. The average molecular weight is 597 g/mol. The van der Waals surface area contributed by atoms with Gasteiger partial charge in [-0.1, -0.05) is 43.9 Å². The molecule has 1 heterocycles. The monoisotopic (exact) mass is 596 g/mol. The number of piperazine rings is 1. The van der Waals surface area contributed by atoms with Gasteiger partial charge in [-0.2, -0.15) is 30.6 Å². The summed E-state index contributed by atoms with van der Waals surface area (Å²) in [4.78, 5) is 1.81. The Labute approximate surface area is 227 Å². The van der Waals surface area contributed by atoms with Gasteiger partial charge in [0.2, 0.25) is 10.0 Å². The lowest BCUT2D eigenvalue weighted by Gasteiger charge is -2.37. The van der Waals surface area contributed by atoms with E-state index in [2.05, 4.69) is 24.5 Å². The highest BCUT2D eigenvalue weighted by molar-refractivity contribution is 7.90. The number of sulfonamides is 1. The van der Waals surface area contributed by atoms with Crippen LogP contribution in [0.15, 0.2) is 52.3 Å². The van der Waals surface area contributed by atoms with E-state index in [-0.39, 0.29) is 53.1 Å². The van der Waals surface area contributed by atoms with Gasteiger partial charge in [0.1, 0.15) is 6.10 Å². The van der Waals surface area contributed by atoms with E-state index in [0.717, 1.165) is 6.07 Å². The molecule has 0 spiro atoms. The first-order chi connectivity index (χ1) is 17.9. The first kappa shape index (κ1) is 31.1. The highest BCUT2D eigenvalue weighted by Gasteiger charge is 2.71. The molecule has 0 bridgehead atoms. The van der Waals surface area contributed by atoms with Crippen LogP contribution in [0.1, 0.15) is 25.0 Å². The summed E-state index contributed by atoms with van der Waals surface area (Å²) < 4.78 is 108. The molecule has 2 aromatic carbocycles. The van der Waals surface area contributed by atoms with Crippen molar-refractivity contribution in [1.82, 2.24) is 4.31 Å². The second kappa shape index (κ2) is 11.2. The Morgan fingerprint density at radius 2 is 1.51 bits per heavy atom. The standard InChI is InChI=1S/C25H26F6N2O4S2/c1-16(2)20(34)10-7-17-15-18(23(35,24(26,27)28)25(29,30)31)8-9-19(17)32-11-13-33(14-12-32)39(36,37)22-6-4-3-5-21(22)38/h3-6,8-9,15-16,20,34-35,38H,11-14H2,1-2H3/t20-/m1/s1. The number of halogens is 6. The summed E-state index contributed by atoms with van der Waals surface area (Å²) in [6.07, 6.45) is -13.4. The van der Waals surface area contributed by atoms with Gasteiger partial charge in [-0.3, -0.25) is 0 Å². The average Bonchev–Trinajstić information content (AvgIpc) is 2.85. The maximum absolute atomic E-state index is 13.5. The number of hydrogen-bond acceptors (Lipinski definition) is 6. The Balaban J connectivity index is 2.00. The largest absolute Gasteiger partial charge is 0.430 e. The van der Waals surface area contributed by atoms with Crippen molar-refractivity contribution in [2.75, 3.05) is 31.1 Å². The molecule has 14 heteroatoms. The van der Waals surface area contributed by atoms with E-state index in [0.29, 0.717) is 12.1 Å². The molecule has 1 atom stereocenters. The van der Waals surface area contributed by atoms with E-state index in [4.69, 9.17) is 0 Å². The van der Waals surface area contributed by atoms with Crippen LogP contribution >= 0.6 is 12.6 Å². The van der Waals surface area contributed by atoms with Crippen LogP contribution in [0.4, 0.5) is 32.0 Å². The fourth-order valence-corrected chi connectivity index (χ4v) is 5.94. The molecular formula is C25H26F6N2O4S2. The van der Waals surface area contributed by atoms with Crippen molar-refractivity contribution >= 4 is 28.3 Å². The van der Waals surface area contributed by atoms with Gasteiger partial charge in [-0.15, -0.1) is 12.6 Å². The second-order valence-corrected chi connectivity index (χ2v) is 11.6. The van der Waals surface area contributed by atoms with Crippen molar-refractivity contribution in [1.29, 1.82) is 0 Å². The van der Waals surface area contributed by atoms with Gasteiger partial charge in [0.25, 0.3) is 5.60 Å². The molecule has 3 rings (SSSR count). The lowest BCUT2D eigenvalue weighted by atomic mass is 9.90. The fourth-order valence-electron chi connectivity index (χ4n) is 3.93. The molecule has 0 unspecified atom stereocenters. The molecule has 2 N–H and O–H groups in total. The van der Waals surface area contributed by atoms with Crippen molar-refractivity contribution in [2.45, 2.75) is 47.7 Å². The van der Waals surface area contributed by atoms with E-state index >= 15 is 0 Å². The van der Waals surface area contributed by atoms with Gasteiger partial charge in [0.15, 0.2) is 0 Å². The Morgan fingerprint density at radius 1 is 0.949 bits per heavy atom. The van der Waals surface area contributed by atoms with E-state index in [1.54, 1.807) is 30.9 Å². The number of rotatable bonds is 5. The third-order valence-corrected chi connectivity index (χ3v) is 8.78. The van der Waals surface area contributed by atoms with Crippen LogP contribution in [-0.4, -0.2) is 67.6 Å². The Hall–Kier alpha value is -2.44. The number of aliphatic hydroxyl groups is 2.